The zero-order valence-electron chi connectivity index (χ0n) is 5.87. The summed E-state index contributed by atoms with van der Waals surface area (Å²) in [5.41, 5.74) is 5.28. The first-order chi connectivity index (χ1) is 4.72. The lowest BCUT2D eigenvalue weighted by molar-refractivity contribution is -0.142. The second kappa shape index (κ2) is 4.93. The van der Waals surface area contributed by atoms with E-state index in [2.05, 4.69) is 4.74 Å². The van der Waals surface area contributed by atoms with Gasteiger partial charge >= 0.3 is 5.97 Å². The van der Waals surface area contributed by atoms with Crippen molar-refractivity contribution in [2.24, 2.45) is 5.73 Å². The lowest BCUT2D eigenvalue weighted by Gasteiger charge is -2.05. The molecule has 0 aromatic carbocycles. The van der Waals surface area contributed by atoms with E-state index < -0.39 is 12.0 Å². The van der Waals surface area contributed by atoms with Crippen LogP contribution in [0, 0.1) is 0 Å². The molecule has 10 heavy (non-hydrogen) atoms. The Morgan fingerprint density at radius 3 is 2.80 bits per heavy atom. The van der Waals surface area contributed by atoms with Crippen molar-refractivity contribution in [3.8, 4) is 0 Å². The molecule has 0 aliphatic heterocycles. The van der Waals surface area contributed by atoms with Crippen molar-refractivity contribution < 1.29 is 14.3 Å². The number of carbonyl (C=O) groups excluding carboxylic acids is 2. The molecule has 0 aliphatic carbocycles. The molecule has 0 rings (SSSR count). The Morgan fingerprint density at radius 2 is 2.40 bits per heavy atom. The largest absolute Gasteiger partial charge is 0.468 e. The highest BCUT2D eigenvalue weighted by molar-refractivity contribution is 5.75. The first-order valence-electron chi connectivity index (χ1n) is 2.99. The van der Waals surface area contributed by atoms with Crippen molar-refractivity contribution >= 4 is 12.3 Å². The normalized spacial score (nSPS) is 12.2. The van der Waals surface area contributed by atoms with Gasteiger partial charge < -0.3 is 15.3 Å². The number of rotatable bonds is 4. The van der Waals surface area contributed by atoms with Gasteiger partial charge in [0.05, 0.1) is 7.11 Å². The van der Waals surface area contributed by atoms with Crippen LogP contribution in [0.5, 0.6) is 0 Å². The minimum atomic E-state index is -0.657. The standard InChI is InChI=1S/C6H11NO3/c1-10-6(9)5(7)3-2-4-8/h4-5H,2-3,7H2,1H3/t5-/m0/s1. The average molecular weight is 145 g/mol. The van der Waals surface area contributed by atoms with Crippen molar-refractivity contribution in [3.05, 3.63) is 0 Å². The molecule has 0 aromatic rings. The molecule has 0 aromatic heterocycles. The van der Waals surface area contributed by atoms with E-state index in [0.29, 0.717) is 12.8 Å². The van der Waals surface area contributed by atoms with Crippen LogP contribution in [0.2, 0.25) is 0 Å². The predicted molar refractivity (Wildman–Crippen MR) is 35.3 cm³/mol. The Bertz CT molecular complexity index is 124. The quantitative estimate of drug-likeness (QED) is 0.426. The van der Waals surface area contributed by atoms with Gasteiger partial charge in [-0.2, -0.15) is 0 Å². The summed E-state index contributed by atoms with van der Waals surface area (Å²) in [6.45, 7) is 0. The number of nitrogens with two attached hydrogens (primary N) is 1. The molecule has 0 fully saturated rings. The molecule has 0 bridgehead atoms. The summed E-state index contributed by atoms with van der Waals surface area (Å²) in [6.07, 6.45) is 1.38. The summed E-state index contributed by atoms with van der Waals surface area (Å²) in [5.74, 6) is -0.471. The van der Waals surface area contributed by atoms with Gasteiger partial charge in [0.2, 0.25) is 0 Å². The lowest BCUT2D eigenvalue weighted by atomic mass is 10.2. The van der Waals surface area contributed by atoms with E-state index in [1.165, 1.54) is 7.11 Å². The fraction of sp³-hybridized carbons (Fsp3) is 0.667. The van der Waals surface area contributed by atoms with Crippen LogP contribution < -0.4 is 5.73 Å². The molecule has 4 nitrogen and oxygen atoms in total. The lowest BCUT2D eigenvalue weighted by Crippen LogP contribution is -2.31. The molecule has 58 valence electrons. The van der Waals surface area contributed by atoms with Crippen LogP contribution in [0.1, 0.15) is 12.8 Å². The summed E-state index contributed by atoms with van der Waals surface area (Å²) >= 11 is 0. The van der Waals surface area contributed by atoms with Gasteiger partial charge in [-0.1, -0.05) is 0 Å². The molecular formula is C6H11NO3. The van der Waals surface area contributed by atoms with Crippen molar-refractivity contribution in [2.45, 2.75) is 18.9 Å². The molecule has 4 heteroatoms. The molecule has 0 spiro atoms. The maximum absolute atomic E-state index is 10.6. The third-order valence-corrected chi connectivity index (χ3v) is 1.10. The first kappa shape index (κ1) is 9.10. The second-order valence-corrected chi connectivity index (χ2v) is 1.87. The minimum absolute atomic E-state index is 0.302. The van der Waals surface area contributed by atoms with E-state index in [0.717, 1.165) is 6.29 Å². The summed E-state index contributed by atoms with van der Waals surface area (Å²) in [4.78, 5) is 20.4. The fourth-order valence-corrected chi connectivity index (χ4v) is 0.517. The van der Waals surface area contributed by atoms with Crippen LogP contribution in [0.25, 0.3) is 0 Å². The highest BCUT2D eigenvalue weighted by atomic mass is 16.5. The Hall–Kier alpha value is -0.900. The smallest absolute Gasteiger partial charge is 0.322 e. The van der Waals surface area contributed by atoms with Crippen LogP contribution in [0.15, 0.2) is 0 Å². The second-order valence-electron chi connectivity index (χ2n) is 1.87. The third kappa shape index (κ3) is 3.19. The maximum Gasteiger partial charge on any atom is 0.322 e. The molecule has 0 radical (unpaired) electrons. The average Bonchev–Trinajstić information content (AvgIpc) is 1.98. The number of carbonyl (C=O) groups is 2. The van der Waals surface area contributed by atoms with E-state index in [4.69, 9.17) is 5.73 Å². The van der Waals surface area contributed by atoms with Crippen LogP contribution >= 0.6 is 0 Å². The molecule has 0 amide bonds. The van der Waals surface area contributed by atoms with Crippen molar-refractivity contribution in [1.82, 2.24) is 0 Å². The Morgan fingerprint density at radius 1 is 1.80 bits per heavy atom. The van der Waals surface area contributed by atoms with E-state index in [-0.39, 0.29) is 0 Å². The van der Waals surface area contributed by atoms with E-state index >= 15 is 0 Å². The minimum Gasteiger partial charge on any atom is -0.468 e. The highest BCUT2D eigenvalue weighted by Crippen LogP contribution is 1.92. The molecule has 0 saturated heterocycles. The number of hydrogen-bond donors (Lipinski definition) is 1. The van der Waals surface area contributed by atoms with Gasteiger partial charge in [0.25, 0.3) is 0 Å². The van der Waals surface area contributed by atoms with Gasteiger partial charge in [0.1, 0.15) is 12.3 Å². The van der Waals surface area contributed by atoms with Gasteiger partial charge in [0.15, 0.2) is 0 Å². The van der Waals surface area contributed by atoms with Gasteiger partial charge in [0, 0.05) is 6.42 Å². The third-order valence-electron chi connectivity index (χ3n) is 1.10. The number of aldehydes is 1. The summed E-state index contributed by atoms with van der Waals surface area (Å²) in [6, 6.07) is -0.657. The Balaban J connectivity index is 3.50. The van der Waals surface area contributed by atoms with E-state index in [9.17, 15) is 9.59 Å². The summed E-state index contributed by atoms with van der Waals surface area (Å²) < 4.78 is 4.33. The van der Waals surface area contributed by atoms with Gasteiger partial charge in [-0.3, -0.25) is 4.79 Å². The zero-order chi connectivity index (χ0) is 7.98. The van der Waals surface area contributed by atoms with Gasteiger partial charge in [-0.15, -0.1) is 0 Å². The summed E-state index contributed by atoms with van der Waals surface area (Å²) in [7, 11) is 1.27. The first-order valence-corrected chi connectivity index (χ1v) is 2.99. The molecular weight excluding hydrogens is 134 g/mol. The van der Waals surface area contributed by atoms with E-state index in [1.807, 2.05) is 0 Å². The predicted octanol–water partition coefficient (Wildman–Crippen LogP) is -0.534. The number of esters is 1. The monoisotopic (exact) mass is 145 g/mol. The Labute approximate surface area is 59.3 Å². The zero-order valence-corrected chi connectivity index (χ0v) is 5.87. The van der Waals surface area contributed by atoms with Crippen LogP contribution in [-0.2, 0) is 14.3 Å². The molecule has 0 aliphatic rings. The fourth-order valence-electron chi connectivity index (χ4n) is 0.517. The molecule has 1 atom stereocenters. The maximum atomic E-state index is 10.6. The van der Waals surface area contributed by atoms with E-state index in [1.54, 1.807) is 0 Å². The molecule has 0 saturated carbocycles. The van der Waals surface area contributed by atoms with Crippen LogP contribution in [0.4, 0.5) is 0 Å². The number of methoxy groups -OCH3 is 1. The number of hydrogen-bond acceptors (Lipinski definition) is 4. The molecule has 2 N–H and O–H groups in total. The van der Waals surface area contributed by atoms with Crippen molar-refractivity contribution in [1.29, 1.82) is 0 Å². The molecule has 0 heterocycles. The highest BCUT2D eigenvalue weighted by Gasteiger charge is 2.11. The van der Waals surface area contributed by atoms with Crippen LogP contribution in [0.3, 0.4) is 0 Å². The Kier molecular flexibility index (Phi) is 4.49. The SMILES string of the molecule is COC(=O)[C@@H](N)CCC=O. The van der Waals surface area contributed by atoms with Gasteiger partial charge in [-0.25, -0.2) is 0 Å². The number of ether oxygens (including phenoxy) is 1. The molecule has 0 unspecified atom stereocenters. The summed E-state index contributed by atoms with van der Waals surface area (Å²) in [5, 5.41) is 0. The van der Waals surface area contributed by atoms with Crippen molar-refractivity contribution in [3.63, 3.8) is 0 Å². The van der Waals surface area contributed by atoms with Gasteiger partial charge in [-0.05, 0) is 6.42 Å². The topological polar surface area (TPSA) is 69.4 Å². The van der Waals surface area contributed by atoms with Crippen molar-refractivity contribution in [2.75, 3.05) is 7.11 Å². The van der Waals surface area contributed by atoms with Crippen LogP contribution in [-0.4, -0.2) is 25.4 Å².